The maximum absolute atomic E-state index is 13.5. The van der Waals surface area contributed by atoms with Crippen LogP contribution in [-0.4, -0.2) is 22.0 Å². The van der Waals surface area contributed by atoms with E-state index in [0.717, 1.165) is 18.4 Å². The number of carbonyl (C=O) groups excluding carboxylic acids is 2. The molecule has 0 fully saturated rings. The van der Waals surface area contributed by atoms with Crippen molar-refractivity contribution >= 4 is 11.6 Å². The van der Waals surface area contributed by atoms with Gasteiger partial charge in [-0.25, -0.2) is 0 Å². The number of fused-ring (bicyclic) bond motifs is 1. The Hall–Kier alpha value is -3.60. The quantitative estimate of drug-likeness (QED) is 0.337. The highest BCUT2D eigenvalue weighted by molar-refractivity contribution is 6.32. The van der Waals surface area contributed by atoms with Gasteiger partial charge in [0.05, 0.1) is 5.92 Å². The normalized spacial score (nSPS) is 15.6. The van der Waals surface area contributed by atoms with Crippen LogP contribution < -0.4 is 0 Å². The van der Waals surface area contributed by atoms with Gasteiger partial charge in [0.1, 0.15) is 0 Å². The summed E-state index contributed by atoms with van der Waals surface area (Å²) in [4.78, 5) is 38.8. The minimum absolute atomic E-state index is 0.114. The molecule has 0 unspecified atom stereocenters. The lowest BCUT2D eigenvalue weighted by Gasteiger charge is -2.28. The van der Waals surface area contributed by atoms with Crippen molar-refractivity contribution in [3.05, 3.63) is 117 Å². The molecule has 1 atom stereocenters. The third-order valence-electron chi connectivity index (χ3n) is 5.80. The summed E-state index contributed by atoms with van der Waals surface area (Å²) in [5.41, 5.74) is 0.0531. The molecule has 3 aromatic rings. The van der Waals surface area contributed by atoms with Crippen LogP contribution in [0.2, 0.25) is 0 Å². The molecule has 0 amide bonds. The van der Waals surface area contributed by atoms with E-state index >= 15 is 0 Å². The van der Waals surface area contributed by atoms with Crippen LogP contribution in [0.5, 0.6) is 0 Å². The molecule has 3 aromatic carbocycles. The number of ketones is 2. The van der Waals surface area contributed by atoms with Gasteiger partial charge in [-0.3, -0.25) is 19.7 Å². The van der Waals surface area contributed by atoms with Gasteiger partial charge in [0, 0.05) is 16.1 Å². The molecule has 5 nitrogen and oxygen atoms in total. The van der Waals surface area contributed by atoms with Gasteiger partial charge in [-0.2, -0.15) is 0 Å². The Kier molecular flexibility index (Phi) is 5.04. The third-order valence-corrected chi connectivity index (χ3v) is 5.80. The molecule has 30 heavy (non-hydrogen) atoms. The molecule has 0 aromatic heterocycles. The smallest absolute Gasteiger partial charge is 0.285 e. The van der Waals surface area contributed by atoms with Gasteiger partial charge in [0.15, 0.2) is 0 Å². The summed E-state index contributed by atoms with van der Waals surface area (Å²) in [5, 5.41) is 12.5. The number of nitro groups is 1. The van der Waals surface area contributed by atoms with Crippen molar-refractivity contribution in [1.82, 2.24) is 0 Å². The Balaban J connectivity index is 1.97. The lowest BCUT2D eigenvalue weighted by Crippen LogP contribution is -2.54. The van der Waals surface area contributed by atoms with Crippen LogP contribution in [0.3, 0.4) is 0 Å². The summed E-state index contributed by atoms with van der Waals surface area (Å²) in [6.07, 6.45) is 1.87. The van der Waals surface area contributed by atoms with Crippen LogP contribution in [0.25, 0.3) is 0 Å². The first-order valence-corrected chi connectivity index (χ1v) is 9.98. The van der Waals surface area contributed by atoms with E-state index in [2.05, 4.69) is 6.92 Å². The van der Waals surface area contributed by atoms with Crippen molar-refractivity contribution in [2.24, 2.45) is 0 Å². The number of nitrogens with zero attached hydrogens (tertiary/aromatic N) is 1. The fourth-order valence-electron chi connectivity index (χ4n) is 4.41. The maximum Gasteiger partial charge on any atom is 0.355 e. The number of Topliss-reactive ketones (excluding diaryl/α,β-unsaturated/α-hetero) is 2. The molecule has 0 radical (unpaired) electrons. The van der Waals surface area contributed by atoms with Gasteiger partial charge in [0.2, 0.25) is 11.6 Å². The summed E-state index contributed by atoms with van der Waals surface area (Å²) in [7, 11) is 0. The van der Waals surface area contributed by atoms with Crippen LogP contribution in [0, 0.1) is 10.1 Å². The van der Waals surface area contributed by atoms with Gasteiger partial charge in [-0.1, -0.05) is 92.2 Å². The molecule has 150 valence electrons. The first kappa shape index (κ1) is 19.7. The standard InChI is InChI=1S/C25H21NO4/c1-2-8-17-13-15-19(16-14-17)22(18-9-4-3-5-10-18)25(26(29)30)23(27)20-11-6-7-12-21(20)24(25)28/h3-7,9-16,22H,2,8H2,1H3/t22-/m0/s1. The van der Waals surface area contributed by atoms with Crippen molar-refractivity contribution < 1.29 is 14.5 Å². The Morgan fingerprint density at radius 1 is 0.800 bits per heavy atom. The van der Waals surface area contributed by atoms with Crippen LogP contribution >= 0.6 is 0 Å². The molecule has 5 heteroatoms. The molecule has 0 aliphatic heterocycles. The van der Waals surface area contributed by atoms with E-state index in [4.69, 9.17) is 0 Å². The SMILES string of the molecule is CCCc1ccc([C@H](c2ccccc2)C2([N+](=O)[O-])C(=O)c3ccccc3C2=O)cc1. The van der Waals surface area contributed by atoms with E-state index in [1.165, 1.54) is 12.1 Å². The van der Waals surface area contributed by atoms with E-state index in [0.29, 0.717) is 11.1 Å². The van der Waals surface area contributed by atoms with E-state index in [9.17, 15) is 19.7 Å². The highest BCUT2D eigenvalue weighted by atomic mass is 16.6. The van der Waals surface area contributed by atoms with E-state index in [-0.39, 0.29) is 11.1 Å². The highest BCUT2D eigenvalue weighted by Gasteiger charge is 2.68. The van der Waals surface area contributed by atoms with Gasteiger partial charge < -0.3 is 0 Å². The first-order chi connectivity index (χ1) is 14.5. The second kappa shape index (κ2) is 7.67. The Labute approximate surface area is 174 Å². The minimum Gasteiger partial charge on any atom is -0.285 e. The second-order valence-corrected chi connectivity index (χ2v) is 7.56. The fraction of sp³-hybridized carbons (Fsp3) is 0.200. The molecule has 1 aliphatic carbocycles. The molecule has 0 N–H and O–H groups in total. The third kappa shape index (κ3) is 2.86. The van der Waals surface area contributed by atoms with Crippen molar-refractivity contribution in [3.8, 4) is 0 Å². The van der Waals surface area contributed by atoms with Gasteiger partial charge >= 0.3 is 5.54 Å². The molecule has 0 bridgehead atoms. The Bertz CT molecular complexity index is 1080. The lowest BCUT2D eigenvalue weighted by molar-refractivity contribution is -0.532. The molecule has 0 saturated heterocycles. The zero-order valence-electron chi connectivity index (χ0n) is 16.6. The molecule has 0 saturated carbocycles. The van der Waals surface area contributed by atoms with Crippen LogP contribution in [0.4, 0.5) is 0 Å². The predicted octanol–water partition coefficient (Wildman–Crippen LogP) is 4.87. The number of carbonyl (C=O) groups is 2. The van der Waals surface area contributed by atoms with Crippen molar-refractivity contribution in [2.45, 2.75) is 31.2 Å². The lowest BCUT2D eigenvalue weighted by atomic mass is 9.72. The predicted molar refractivity (Wildman–Crippen MR) is 114 cm³/mol. The van der Waals surface area contributed by atoms with E-state index in [1.807, 2.05) is 12.1 Å². The van der Waals surface area contributed by atoms with Crippen molar-refractivity contribution in [2.75, 3.05) is 0 Å². The fourth-order valence-corrected chi connectivity index (χ4v) is 4.41. The van der Waals surface area contributed by atoms with Gasteiger partial charge in [-0.05, 0) is 23.1 Å². The Morgan fingerprint density at radius 3 is 1.80 bits per heavy atom. The molecular formula is C25H21NO4. The summed E-state index contributed by atoms with van der Waals surface area (Å²) < 4.78 is 0. The molecule has 0 heterocycles. The number of aryl methyl sites for hydroxylation is 1. The monoisotopic (exact) mass is 399 g/mol. The average molecular weight is 399 g/mol. The second-order valence-electron chi connectivity index (χ2n) is 7.56. The summed E-state index contributed by atoms with van der Waals surface area (Å²) in [6, 6.07) is 22.5. The summed E-state index contributed by atoms with van der Waals surface area (Å²) >= 11 is 0. The van der Waals surface area contributed by atoms with Crippen molar-refractivity contribution in [1.29, 1.82) is 0 Å². The maximum atomic E-state index is 13.5. The molecular weight excluding hydrogens is 378 g/mol. The Morgan fingerprint density at radius 2 is 1.30 bits per heavy atom. The summed E-state index contributed by atoms with van der Waals surface area (Å²) in [5.74, 6) is -2.53. The van der Waals surface area contributed by atoms with Crippen LogP contribution in [-0.2, 0) is 6.42 Å². The average Bonchev–Trinajstić information content (AvgIpc) is 2.99. The van der Waals surface area contributed by atoms with Gasteiger partial charge in [-0.15, -0.1) is 0 Å². The first-order valence-electron chi connectivity index (χ1n) is 9.98. The largest absolute Gasteiger partial charge is 0.355 e. The number of rotatable bonds is 6. The van der Waals surface area contributed by atoms with E-state index < -0.39 is 27.9 Å². The molecule has 0 spiro atoms. The van der Waals surface area contributed by atoms with Gasteiger partial charge in [0.25, 0.3) is 0 Å². The topological polar surface area (TPSA) is 77.3 Å². The zero-order valence-corrected chi connectivity index (χ0v) is 16.6. The van der Waals surface area contributed by atoms with Crippen LogP contribution in [0.1, 0.15) is 56.7 Å². The number of benzene rings is 3. The molecule has 4 rings (SSSR count). The van der Waals surface area contributed by atoms with Crippen molar-refractivity contribution in [3.63, 3.8) is 0 Å². The van der Waals surface area contributed by atoms with E-state index in [1.54, 1.807) is 54.6 Å². The minimum atomic E-state index is -2.42. The number of hydrogen-bond donors (Lipinski definition) is 0. The summed E-state index contributed by atoms with van der Waals surface area (Å²) in [6.45, 7) is 2.08. The highest BCUT2D eigenvalue weighted by Crippen LogP contribution is 2.45. The van der Waals surface area contributed by atoms with Crippen LogP contribution in [0.15, 0.2) is 78.9 Å². The number of hydrogen-bond acceptors (Lipinski definition) is 4. The zero-order chi connectivity index (χ0) is 21.3. The molecule has 1 aliphatic rings.